The standard InChI is InChI=1S/C71H124O6/c1-4-7-10-13-16-19-22-25-27-29-31-33-34-35-36-38-39-41-43-46-49-52-55-58-61-64-70(73)76-67-68(66-75-69(72)63-60-57-54-51-48-45-24-21-18-15-12-9-6-3)77-71(74)65-62-59-56-53-50-47-44-42-40-37-32-30-28-26-23-20-17-14-11-8-5-2/h8,11-12,15,17,20-21,24,26,28,32,37,42,44,68H,4-7,9-10,13-14,16,18-19,22-23,25,27,29-31,33-36,38-41,43,45-67H2,1-3H3/b11-8-,15-12-,20-17-,24-21-,28-26-,37-32-,44-42-. The van der Waals surface area contributed by atoms with Crippen LogP contribution in [0.2, 0.25) is 0 Å². The van der Waals surface area contributed by atoms with E-state index in [0.717, 1.165) is 141 Å². The average molecular weight is 1070 g/mol. The smallest absolute Gasteiger partial charge is 0.306 e. The minimum Gasteiger partial charge on any atom is -0.462 e. The Morgan fingerprint density at radius 2 is 0.532 bits per heavy atom. The summed E-state index contributed by atoms with van der Waals surface area (Å²) < 4.78 is 16.9. The Morgan fingerprint density at radius 3 is 0.844 bits per heavy atom. The van der Waals surface area contributed by atoms with Gasteiger partial charge in [-0.3, -0.25) is 14.4 Å². The lowest BCUT2D eigenvalue weighted by Crippen LogP contribution is -2.30. The Morgan fingerprint density at radius 1 is 0.273 bits per heavy atom. The number of allylic oxidation sites excluding steroid dienone is 14. The molecule has 77 heavy (non-hydrogen) atoms. The predicted octanol–water partition coefficient (Wildman–Crippen LogP) is 22.7. The zero-order valence-corrected chi connectivity index (χ0v) is 51.0. The molecule has 0 spiro atoms. The lowest BCUT2D eigenvalue weighted by atomic mass is 10.0. The molecular weight excluding hydrogens is 949 g/mol. The van der Waals surface area contributed by atoms with Crippen LogP contribution in [0.1, 0.15) is 329 Å². The summed E-state index contributed by atoms with van der Waals surface area (Å²) in [5.74, 6) is -0.907. The van der Waals surface area contributed by atoms with Crippen LogP contribution in [0.3, 0.4) is 0 Å². The molecule has 0 aromatic heterocycles. The number of esters is 3. The summed E-state index contributed by atoms with van der Waals surface area (Å²) in [5.41, 5.74) is 0. The van der Waals surface area contributed by atoms with Crippen LogP contribution >= 0.6 is 0 Å². The van der Waals surface area contributed by atoms with Crippen molar-refractivity contribution >= 4 is 17.9 Å². The number of carbonyl (C=O) groups excluding carboxylic acids is 3. The van der Waals surface area contributed by atoms with Crippen molar-refractivity contribution in [3.05, 3.63) is 85.1 Å². The molecule has 0 bridgehead atoms. The van der Waals surface area contributed by atoms with Crippen LogP contribution < -0.4 is 0 Å². The summed E-state index contributed by atoms with van der Waals surface area (Å²) in [6.45, 7) is 6.48. The van der Waals surface area contributed by atoms with Crippen LogP contribution in [0.5, 0.6) is 0 Å². The quantitative estimate of drug-likeness (QED) is 0.0261. The van der Waals surface area contributed by atoms with E-state index < -0.39 is 6.10 Å². The number of hydrogen-bond acceptors (Lipinski definition) is 6. The summed E-state index contributed by atoms with van der Waals surface area (Å²) in [4.78, 5) is 38.3. The van der Waals surface area contributed by atoms with E-state index in [9.17, 15) is 14.4 Å². The van der Waals surface area contributed by atoms with Gasteiger partial charge in [-0.05, 0) is 89.9 Å². The molecule has 0 amide bonds. The second-order valence-electron chi connectivity index (χ2n) is 22.0. The molecule has 0 saturated carbocycles. The highest BCUT2D eigenvalue weighted by Crippen LogP contribution is 2.17. The highest BCUT2D eigenvalue weighted by atomic mass is 16.6. The summed E-state index contributed by atoms with van der Waals surface area (Å²) >= 11 is 0. The van der Waals surface area contributed by atoms with Crippen molar-refractivity contribution in [3.63, 3.8) is 0 Å². The van der Waals surface area contributed by atoms with Gasteiger partial charge in [0.25, 0.3) is 0 Å². The number of unbranched alkanes of at least 4 members (excludes halogenated alkanes) is 35. The van der Waals surface area contributed by atoms with Gasteiger partial charge in [0.2, 0.25) is 0 Å². The first-order valence-electron chi connectivity index (χ1n) is 33.1. The van der Waals surface area contributed by atoms with Gasteiger partial charge in [-0.2, -0.15) is 0 Å². The van der Waals surface area contributed by atoms with E-state index in [4.69, 9.17) is 14.2 Å². The Labute approximate surface area is 477 Å². The molecule has 0 heterocycles. The van der Waals surface area contributed by atoms with E-state index in [1.807, 2.05) is 0 Å². The zero-order chi connectivity index (χ0) is 55.7. The van der Waals surface area contributed by atoms with Crippen molar-refractivity contribution in [2.24, 2.45) is 0 Å². The van der Waals surface area contributed by atoms with Crippen LogP contribution in [0, 0.1) is 0 Å². The van der Waals surface area contributed by atoms with E-state index >= 15 is 0 Å². The van der Waals surface area contributed by atoms with Gasteiger partial charge in [0.15, 0.2) is 6.10 Å². The van der Waals surface area contributed by atoms with Gasteiger partial charge >= 0.3 is 17.9 Å². The highest BCUT2D eigenvalue weighted by molar-refractivity contribution is 5.71. The molecule has 0 aromatic rings. The van der Waals surface area contributed by atoms with Crippen molar-refractivity contribution in [1.29, 1.82) is 0 Å². The first-order chi connectivity index (χ1) is 38.0. The van der Waals surface area contributed by atoms with Crippen molar-refractivity contribution < 1.29 is 28.6 Å². The Bertz CT molecular complexity index is 1470. The zero-order valence-electron chi connectivity index (χ0n) is 51.0. The summed E-state index contributed by atoms with van der Waals surface area (Å²) in [7, 11) is 0. The number of rotatable bonds is 60. The molecular formula is C71H124O6. The van der Waals surface area contributed by atoms with E-state index in [0.29, 0.717) is 19.3 Å². The van der Waals surface area contributed by atoms with Crippen LogP contribution in [0.4, 0.5) is 0 Å². The van der Waals surface area contributed by atoms with E-state index in [1.54, 1.807) is 0 Å². The molecule has 0 rings (SSSR count). The summed E-state index contributed by atoms with van der Waals surface area (Å²) in [6.07, 6.45) is 86.0. The maximum absolute atomic E-state index is 12.9. The monoisotopic (exact) mass is 1070 g/mol. The number of hydrogen-bond donors (Lipinski definition) is 0. The third-order valence-electron chi connectivity index (χ3n) is 14.4. The first-order valence-corrected chi connectivity index (χ1v) is 33.1. The van der Waals surface area contributed by atoms with Gasteiger partial charge in [-0.25, -0.2) is 0 Å². The van der Waals surface area contributed by atoms with E-state index in [2.05, 4.69) is 106 Å². The molecule has 0 N–H and O–H groups in total. The largest absolute Gasteiger partial charge is 0.462 e. The SMILES string of the molecule is CC/C=C\C/C=C\C/C=C\C/C=C\C/C=C\CCCCCCCC(=O)OC(COC(=O)CCCCCCC/C=C\C/C=C\CCC)COC(=O)CCCCCCCCCCCCCCCCCCCCCCCCCCC. The fourth-order valence-corrected chi connectivity index (χ4v) is 9.45. The molecule has 6 heteroatoms. The normalized spacial score (nSPS) is 12.6. The van der Waals surface area contributed by atoms with Gasteiger partial charge < -0.3 is 14.2 Å². The summed E-state index contributed by atoms with van der Waals surface area (Å²) in [6, 6.07) is 0. The van der Waals surface area contributed by atoms with Crippen molar-refractivity contribution in [2.75, 3.05) is 13.2 Å². The molecule has 6 nitrogen and oxygen atoms in total. The maximum atomic E-state index is 12.9. The fraction of sp³-hybridized carbons (Fsp3) is 0.761. The number of ether oxygens (including phenoxy) is 3. The van der Waals surface area contributed by atoms with Gasteiger partial charge in [0, 0.05) is 19.3 Å². The highest BCUT2D eigenvalue weighted by Gasteiger charge is 2.19. The van der Waals surface area contributed by atoms with Crippen molar-refractivity contribution in [2.45, 2.75) is 335 Å². The third-order valence-corrected chi connectivity index (χ3v) is 14.4. The Balaban J connectivity index is 4.31. The second-order valence-corrected chi connectivity index (χ2v) is 22.0. The minimum absolute atomic E-state index is 0.0867. The van der Waals surface area contributed by atoms with Crippen LogP contribution in [0.15, 0.2) is 85.1 Å². The molecule has 1 unspecified atom stereocenters. The van der Waals surface area contributed by atoms with Crippen LogP contribution in [-0.2, 0) is 28.6 Å². The topological polar surface area (TPSA) is 78.9 Å². The second kappa shape index (κ2) is 65.1. The Hall–Kier alpha value is -3.41. The molecule has 444 valence electrons. The lowest BCUT2D eigenvalue weighted by Gasteiger charge is -2.18. The fourth-order valence-electron chi connectivity index (χ4n) is 9.45. The Kier molecular flexibility index (Phi) is 62.2. The molecule has 0 aromatic carbocycles. The van der Waals surface area contributed by atoms with Gasteiger partial charge in [0.05, 0.1) is 0 Å². The van der Waals surface area contributed by atoms with Crippen LogP contribution in [0.25, 0.3) is 0 Å². The molecule has 0 aliphatic carbocycles. The van der Waals surface area contributed by atoms with Crippen molar-refractivity contribution in [1.82, 2.24) is 0 Å². The number of carbonyl (C=O) groups is 3. The predicted molar refractivity (Wildman–Crippen MR) is 334 cm³/mol. The molecule has 0 saturated heterocycles. The van der Waals surface area contributed by atoms with E-state index in [1.165, 1.54) is 148 Å². The van der Waals surface area contributed by atoms with Gasteiger partial charge in [-0.15, -0.1) is 0 Å². The third kappa shape index (κ3) is 63.3. The van der Waals surface area contributed by atoms with Crippen LogP contribution in [-0.4, -0.2) is 37.2 Å². The molecule has 1 atom stereocenters. The average Bonchev–Trinajstić information content (AvgIpc) is 3.43. The van der Waals surface area contributed by atoms with Gasteiger partial charge in [0.1, 0.15) is 13.2 Å². The van der Waals surface area contributed by atoms with Gasteiger partial charge in [-0.1, -0.05) is 305 Å². The molecule has 0 radical (unpaired) electrons. The maximum Gasteiger partial charge on any atom is 0.306 e. The minimum atomic E-state index is -0.793. The molecule has 0 aliphatic heterocycles. The molecule has 0 aliphatic rings. The van der Waals surface area contributed by atoms with E-state index in [-0.39, 0.29) is 31.1 Å². The lowest BCUT2D eigenvalue weighted by molar-refractivity contribution is -0.167. The van der Waals surface area contributed by atoms with Crippen molar-refractivity contribution in [3.8, 4) is 0 Å². The molecule has 0 fully saturated rings. The summed E-state index contributed by atoms with van der Waals surface area (Å²) in [5, 5.41) is 0. The first kappa shape index (κ1) is 73.6.